The second kappa shape index (κ2) is 14.7. The molecule has 3 aliphatic heterocycles. The molecule has 0 bridgehead atoms. The van der Waals surface area contributed by atoms with E-state index in [0.717, 1.165) is 68.2 Å². The molecule has 0 amide bonds. The summed E-state index contributed by atoms with van der Waals surface area (Å²) in [5.74, 6) is 2.79. The summed E-state index contributed by atoms with van der Waals surface area (Å²) in [6.45, 7) is 9.55. The molecule has 2 saturated heterocycles. The van der Waals surface area contributed by atoms with Crippen LogP contribution in [0.4, 0.5) is 11.8 Å². The van der Waals surface area contributed by atoms with Crippen molar-refractivity contribution in [1.29, 1.82) is 0 Å². The smallest absolute Gasteiger partial charge is 0.227 e. The molecule has 3 aliphatic rings. The van der Waals surface area contributed by atoms with Crippen molar-refractivity contribution in [3.63, 3.8) is 0 Å². The molecule has 6 rings (SSSR count). The van der Waals surface area contributed by atoms with E-state index in [2.05, 4.69) is 38.1 Å². The molecule has 3 aromatic rings. The summed E-state index contributed by atoms with van der Waals surface area (Å²) < 4.78 is 16.7. The van der Waals surface area contributed by atoms with Gasteiger partial charge in [-0.2, -0.15) is 18.5 Å². The van der Waals surface area contributed by atoms with Gasteiger partial charge in [-0.1, -0.05) is 6.07 Å². The van der Waals surface area contributed by atoms with Crippen molar-refractivity contribution in [2.24, 2.45) is 0 Å². The van der Waals surface area contributed by atoms with Crippen LogP contribution in [0.1, 0.15) is 70.7 Å². The second-order valence-electron chi connectivity index (χ2n) is 11.9. The Bertz CT molecular complexity index is 1420. The van der Waals surface area contributed by atoms with Gasteiger partial charge in [0.2, 0.25) is 5.95 Å². The number of benzene rings is 1. The average Bonchev–Trinajstić information content (AvgIpc) is 3.42. The van der Waals surface area contributed by atoms with Crippen LogP contribution in [0.15, 0.2) is 29.0 Å². The number of piperidine rings is 1. The van der Waals surface area contributed by atoms with Crippen molar-refractivity contribution in [3.05, 3.63) is 58.4 Å². The zero-order chi connectivity index (χ0) is 29.8. The third-order valence-electron chi connectivity index (χ3n) is 8.72. The zero-order valence-electron chi connectivity index (χ0n) is 25.7. The third kappa shape index (κ3) is 7.71. The Morgan fingerprint density at radius 3 is 2.70 bits per heavy atom. The number of hydrogen-bond acceptors (Lipinski definition) is 11. The standard InChI is InChI=1S/C32H42N6O5.H2S/c1-21-26-10-13-37(15-23(26)6-9-29(21)42-19-30-22(2)33-20-43-30)16-25(39)7-8-28(40)27-14-31(34-24-17-41-18-24)36-32(35-27)38-11-4-3-5-12-38;/h6,9,14,20,24-25,39H,3-5,7-8,10-13,15-19H2,1-2H3,(H,34,35,36);1H2/t25-;/m0./s1. The van der Waals surface area contributed by atoms with Crippen LogP contribution in [-0.4, -0.2) is 82.3 Å². The molecule has 0 spiro atoms. The number of Topliss-reactive ketones (excluding diaryl/α,β-unsaturated/α-hetero) is 1. The summed E-state index contributed by atoms with van der Waals surface area (Å²) in [6, 6.07) is 6.08. The minimum atomic E-state index is -0.604. The number of β-amino-alcohol motifs (C(OH)–C–C–N with tert-alkyl or cyclic N) is 1. The molecule has 1 aromatic carbocycles. The fourth-order valence-corrected chi connectivity index (χ4v) is 6.03. The maximum absolute atomic E-state index is 13.3. The summed E-state index contributed by atoms with van der Waals surface area (Å²) in [4.78, 5) is 31.2. The van der Waals surface area contributed by atoms with E-state index < -0.39 is 6.10 Å². The number of hydrogen-bond donors (Lipinski definition) is 2. The lowest BCUT2D eigenvalue weighted by molar-refractivity contribution is 0.0209. The van der Waals surface area contributed by atoms with E-state index >= 15 is 0 Å². The fraction of sp³-hybridized carbons (Fsp3) is 0.562. The van der Waals surface area contributed by atoms with E-state index in [1.54, 1.807) is 6.07 Å². The fourth-order valence-electron chi connectivity index (χ4n) is 6.03. The van der Waals surface area contributed by atoms with Crippen LogP contribution in [0.2, 0.25) is 0 Å². The number of aliphatic hydroxyl groups excluding tert-OH is 1. The number of nitrogens with zero attached hydrogens (tertiary/aromatic N) is 5. The number of nitrogens with one attached hydrogen (secondary N) is 1. The van der Waals surface area contributed by atoms with Crippen LogP contribution in [0.5, 0.6) is 5.75 Å². The minimum Gasteiger partial charge on any atom is -0.485 e. The minimum absolute atomic E-state index is 0. The van der Waals surface area contributed by atoms with Crippen molar-refractivity contribution in [2.45, 2.75) is 77.7 Å². The molecule has 0 aliphatic carbocycles. The highest BCUT2D eigenvalue weighted by Gasteiger charge is 2.25. The van der Waals surface area contributed by atoms with E-state index in [4.69, 9.17) is 18.9 Å². The van der Waals surface area contributed by atoms with Crippen LogP contribution >= 0.6 is 13.5 Å². The SMILES string of the molecule is Cc1ncoc1COc1ccc2c(c1C)CCN(C[C@@H](O)CCC(=O)c1cc(NC3COC3)nc(N3CCCCC3)n1)C2.S. The average molecular weight is 625 g/mol. The molecular weight excluding hydrogens is 580 g/mol. The Morgan fingerprint density at radius 1 is 1.16 bits per heavy atom. The van der Waals surface area contributed by atoms with Crippen molar-refractivity contribution in [3.8, 4) is 5.75 Å². The number of aryl methyl sites for hydroxylation is 1. The van der Waals surface area contributed by atoms with Gasteiger partial charge in [-0.15, -0.1) is 0 Å². The number of rotatable bonds is 12. The number of fused-ring (bicyclic) bond motifs is 1. The van der Waals surface area contributed by atoms with Gasteiger partial charge in [0.05, 0.1) is 31.1 Å². The van der Waals surface area contributed by atoms with Gasteiger partial charge in [0, 0.05) is 45.2 Å². The molecular formula is C32H44N6O5S. The number of ether oxygens (including phenoxy) is 2. The van der Waals surface area contributed by atoms with Crippen LogP contribution < -0.4 is 15.0 Å². The summed E-state index contributed by atoms with van der Waals surface area (Å²) in [7, 11) is 0. The van der Waals surface area contributed by atoms with Gasteiger partial charge in [0.15, 0.2) is 17.9 Å². The molecule has 2 N–H and O–H groups in total. The Balaban J connectivity index is 0.00000384. The highest BCUT2D eigenvalue weighted by atomic mass is 32.1. The monoisotopic (exact) mass is 624 g/mol. The Hall–Kier alpha value is -3.19. The molecule has 5 heterocycles. The molecule has 0 saturated carbocycles. The molecule has 12 heteroatoms. The number of carbonyl (C=O) groups excluding carboxylic acids is 1. The normalized spacial score (nSPS) is 17.8. The van der Waals surface area contributed by atoms with E-state index in [0.29, 0.717) is 50.2 Å². The number of anilines is 2. The molecule has 1 atom stereocenters. The Morgan fingerprint density at radius 2 is 1.98 bits per heavy atom. The third-order valence-corrected chi connectivity index (χ3v) is 8.72. The first kappa shape index (κ1) is 32.2. The maximum Gasteiger partial charge on any atom is 0.227 e. The largest absolute Gasteiger partial charge is 0.485 e. The van der Waals surface area contributed by atoms with Crippen LogP contribution in [0, 0.1) is 13.8 Å². The van der Waals surface area contributed by atoms with Gasteiger partial charge in [0.1, 0.15) is 23.9 Å². The van der Waals surface area contributed by atoms with Gasteiger partial charge < -0.3 is 29.2 Å². The molecule has 0 unspecified atom stereocenters. The van der Waals surface area contributed by atoms with Crippen molar-refractivity contribution < 1.29 is 23.8 Å². The van der Waals surface area contributed by atoms with Gasteiger partial charge >= 0.3 is 0 Å². The number of ketones is 1. The van der Waals surface area contributed by atoms with Gasteiger partial charge in [-0.25, -0.2) is 9.97 Å². The first-order valence-electron chi connectivity index (χ1n) is 15.5. The number of aromatic nitrogens is 3. The van der Waals surface area contributed by atoms with Crippen molar-refractivity contribution in [1.82, 2.24) is 19.9 Å². The quantitative estimate of drug-likeness (QED) is 0.285. The van der Waals surface area contributed by atoms with Crippen LogP contribution in [-0.2, 0) is 24.3 Å². The van der Waals surface area contributed by atoms with Crippen molar-refractivity contribution >= 4 is 31.0 Å². The first-order valence-corrected chi connectivity index (χ1v) is 15.5. The predicted octanol–water partition coefficient (Wildman–Crippen LogP) is 3.96. The summed E-state index contributed by atoms with van der Waals surface area (Å²) >= 11 is 0. The van der Waals surface area contributed by atoms with E-state index in [1.165, 1.54) is 23.9 Å². The van der Waals surface area contributed by atoms with E-state index in [-0.39, 0.29) is 31.7 Å². The highest BCUT2D eigenvalue weighted by Crippen LogP contribution is 2.30. The lowest BCUT2D eigenvalue weighted by atomic mass is 9.94. The van der Waals surface area contributed by atoms with Gasteiger partial charge in [-0.05, 0) is 68.7 Å². The predicted molar refractivity (Wildman–Crippen MR) is 172 cm³/mol. The lowest BCUT2D eigenvalue weighted by Gasteiger charge is -2.31. The topological polar surface area (TPSA) is 126 Å². The van der Waals surface area contributed by atoms with Gasteiger partial charge in [0.25, 0.3) is 0 Å². The number of carbonyl (C=O) groups is 1. The maximum atomic E-state index is 13.3. The summed E-state index contributed by atoms with van der Waals surface area (Å²) in [5, 5.41) is 14.3. The summed E-state index contributed by atoms with van der Waals surface area (Å²) in [5.41, 5.74) is 4.95. The summed E-state index contributed by atoms with van der Waals surface area (Å²) in [6.07, 6.45) is 5.75. The van der Waals surface area contributed by atoms with Crippen LogP contribution in [0.25, 0.3) is 0 Å². The molecule has 0 radical (unpaired) electrons. The Kier molecular flexibility index (Phi) is 10.8. The lowest BCUT2D eigenvalue weighted by Crippen LogP contribution is -2.40. The van der Waals surface area contributed by atoms with Crippen LogP contribution in [0.3, 0.4) is 0 Å². The molecule has 2 aromatic heterocycles. The molecule has 44 heavy (non-hydrogen) atoms. The van der Waals surface area contributed by atoms with Crippen molar-refractivity contribution in [2.75, 3.05) is 49.6 Å². The first-order chi connectivity index (χ1) is 20.9. The van der Waals surface area contributed by atoms with Gasteiger partial charge in [-0.3, -0.25) is 9.69 Å². The molecule has 238 valence electrons. The van der Waals surface area contributed by atoms with E-state index in [1.807, 2.05) is 13.0 Å². The molecule has 11 nitrogen and oxygen atoms in total. The Labute approximate surface area is 265 Å². The van der Waals surface area contributed by atoms with E-state index in [9.17, 15) is 9.90 Å². The number of aliphatic hydroxyl groups is 1. The molecule has 2 fully saturated rings. The zero-order valence-corrected chi connectivity index (χ0v) is 26.7. The number of oxazole rings is 1. The second-order valence-corrected chi connectivity index (χ2v) is 11.9. The highest BCUT2D eigenvalue weighted by molar-refractivity contribution is 7.59.